The minimum atomic E-state index is 0.118. The van der Waals surface area contributed by atoms with Gasteiger partial charge >= 0.3 is 0 Å². The third-order valence-corrected chi connectivity index (χ3v) is 5.47. The lowest BCUT2D eigenvalue weighted by Crippen LogP contribution is -1.95. The maximum absolute atomic E-state index is 6.20. The molecule has 0 N–H and O–H groups in total. The summed E-state index contributed by atoms with van der Waals surface area (Å²) in [5, 5.41) is 3.24. The Balaban J connectivity index is 2.18. The molecule has 3 aromatic rings. The lowest BCUT2D eigenvalue weighted by Gasteiger charge is -2.15. The highest BCUT2D eigenvalue weighted by Crippen LogP contribution is 2.38. The molecular formula is C18H13Br2Cl. The van der Waals surface area contributed by atoms with Crippen LogP contribution < -0.4 is 0 Å². The molecule has 21 heavy (non-hydrogen) atoms. The average molecular weight is 425 g/mol. The van der Waals surface area contributed by atoms with Crippen molar-refractivity contribution in [3.8, 4) is 0 Å². The number of hydrogen-bond acceptors (Lipinski definition) is 0. The van der Waals surface area contributed by atoms with Crippen molar-refractivity contribution in [3.63, 3.8) is 0 Å². The molecule has 0 amide bonds. The Morgan fingerprint density at radius 2 is 1.67 bits per heavy atom. The van der Waals surface area contributed by atoms with E-state index < -0.39 is 0 Å². The molecule has 0 aliphatic rings. The number of halogens is 3. The molecule has 0 saturated carbocycles. The number of fused-ring (bicyclic) bond motifs is 1. The first-order chi connectivity index (χ1) is 10.1. The van der Waals surface area contributed by atoms with E-state index in [4.69, 9.17) is 11.6 Å². The second kappa shape index (κ2) is 6.12. The van der Waals surface area contributed by atoms with Crippen LogP contribution in [0.5, 0.6) is 0 Å². The van der Waals surface area contributed by atoms with E-state index in [9.17, 15) is 0 Å². The number of benzene rings is 3. The molecule has 0 radical (unpaired) electrons. The van der Waals surface area contributed by atoms with E-state index in [0.717, 1.165) is 9.50 Å². The van der Waals surface area contributed by atoms with Gasteiger partial charge in [0, 0.05) is 9.50 Å². The molecule has 1 unspecified atom stereocenters. The Kier molecular flexibility index (Phi) is 4.39. The summed E-state index contributed by atoms with van der Waals surface area (Å²) in [6, 6.07) is 18.8. The molecule has 3 rings (SSSR count). The first-order valence-electron chi connectivity index (χ1n) is 6.64. The summed E-state index contributed by atoms with van der Waals surface area (Å²) >= 11 is 13.7. The van der Waals surface area contributed by atoms with Crippen LogP contribution in [0.4, 0.5) is 0 Å². The molecule has 0 saturated heterocycles. The number of hydrogen-bond donors (Lipinski definition) is 0. The lowest BCUT2D eigenvalue weighted by molar-refractivity contribution is 1.18. The summed E-state index contributed by atoms with van der Waals surface area (Å²) in [6.45, 7) is 2.06. The zero-order valence-electron chi connectivity index (χ0n) is 11.4. The summed E-state index contributed by atoms with van der Waals surface area (Å²) < 4.78 is 1.11. The molecule has 0 nitrogen and oxygen atoms in total. The molecule has 0 aliphatic heterocycles. The lowest BCUT2D eigenvalue weighted by atomic mass is 9.97. The second-order valence-electron chi connectivity index (χ2n) is 5.11. The Hall–Kier alpha value is -0.830. The van der Waals surface area contributed by atoms with Gasteiger partial charge in [-0.15, -0.1) is 0 Å². The zero-order chi connectivity index (χ0) is 15.0. The van der Waals surface area contributed by atoms with E-state index >= 15 is 0 Å². The Morgan fingerprint density at radius 1 is 0.952 bits per heavy atom. The Morgan fingerprint density at radius 3 is 2.38 bits per heavy atom. The van der Waals surface area contributed by atoms with Crippen molar-refractivity contribution in [1.82, 2.24) is 0 Å². The van der Waals surface area contributed by atoms with Gasteiger partial charge in [-0.2, -0.15) is 0 Å². The van der Waals surface area contributed by atoms with Gasteiger partial charge in [0.25, 0.3) is 0 Å². The normalized spacial score (nSPS) is 12.6. The summed E-state index contributed by atoms with van der Waals surface area (Å²) in [6.07, 6.45) is 0. The third-order valence-electron chi connectivity index (χ3n) is 3.53. The maximum Gasteiger partial charge on any atom is 0.0651 e. The monoisotopic (exact) mass is 422 g/mol. The SMILES string of the molecule is Cc1cc(Cl)cc(C(Br)c2ccc(Br)c3ccccc23)c1. The van der Waals surface area contributed by atoms with Crippen LogP contribution in [0.2, 0.25) is 5.02 Å². The van der Waals surface area contributed by atoms with Crippen molar-refractivity contribution >= 4 is 54.2 Å². The van der Waals surface area contributed by atoms with Crippen LogP contribution >= 0.6 is 43.5 Å². The number of alkyl halides is 1. The van der Waals surface area contributed by atoms with E-state index in [-0.39, 0.29) is 4.83 Å². The van der Waals surface area contributed by atoms with Crippen LogP contribution in [0, 0.1) is 6.92 Å². The highest BCUT2D eigenvalue weighted by molar-refractivity contribution is 9.10. The highest BCUT2D eigenvalue weighted by atomic mass is 79.9. The third kappa shape index (κ3) is 3.03. The minimum Gasteiger partial charge on any atom is -0.0843 e. The maximum atomic E-state index is 6.20. The van der Waals surface area contributed by atoms with Crippen LogP contribution in [-0.4, -0.2) is 0 Å². The second-order valence-corrected chi connectivity index (χ2v) is 7.31. The zero-order valence-corrected chi connectivity index (χ0v) is 15.3. The van der Waals surface area contributed by atoms with Gasteiger partial charge in [0.15, 0.2) is 0 Å². The van der Waals surface area contributed by atoms with Crippen molar-refractivity contribution < 1.29 is 0 Å². The van der Waals surface area contributed by atoms with E-state index in [2.05, 4.69) is 81.2 Å². The predicted molar refractivity (Wildman–Crippen MR) is 98.6 cm³/mol. The van der Waals surface area contributed by atoms with Gasteiger partial charge in [-0.25, -0.2) is 0 Å². The van der Waals surface area contributed by atoms with Gasteiger partial charge in [0.05, 0.1) is 4.83 Å². The van der Waals surface area contributed by atoms with Crippen molar-refractivity contribution in [2.24, 2.45) is 0 Å². The van der Waals surface area contributed by atoms with Gasteiger partial charge in [-0.1, -0.05) is 79.9 Å². The fraction of sp³-hybridized carbons (Fsp3) is 0.111. The number of aryl methyl sites for hydroxylation is 1. The fourth-order valence-corrected chi connectivity index (χ4v) is 4.04. The van der Waals surface area contributed by atoms with E-state index in [1.54, 1.807) is 0 Å². The molecule has 106 valence electrons. The predicted octanol–water partition coefficient (Wildman–Crippen LogP) is 7.05. The molecular weight excluding hydrogens is 411 g/mol. The van der Waals surface area contributed by atoms with Gasteiger partial charge in [-0.3, -0.25) is 0 Å². The molecule has 3 heteroatoms. The van der Waals surface area contributed by atoms with E-state index in [0.29, 0.717) is 0 Å². The highest BCUT2D eigenvalue weighted by Gasteiger charge is 2.15. The van der Waals surface area contributed by atoms with E-state index in [1.165, 1.54) is 27.5 Å². The Bertz CT molecular complexity index is 791. The van der Waals surface area contributed by atoms with Crippen LogP contribution in [0.15, 0.2) is 59.1 Å². The largest absolute Gasteiger partial charge is 0.0843 e. The molecule has 0 fully saturated rings. The quantitative estimate of drug-likeness (QED) is 0.387. The van der Waals surface area contributed by atoms with Gasteiger partial charge in [-0.05, 0) is 52.6 Å². The molecule has 3 aromatic carbocycles. The van der Waals surface area contributed by atoms with Crippen molar-refractivity contribution in [2.45, 2.75) is 11.8 Å². The van der Waals surface area contributed by atoms with Crippen LogP contribution in [-0.2, 0) is 0 Å². The minimum absolute atomic E-state index is 0.118. The topological polar surface area (TPSA) is 0 Å². The molecule has 0 aromatic heterocycles. The van der Waals surface area contributed by atoms with Gasteiger partial charge in [0.2, 0.25) is 0 Å². The molecule has 0 aliphatic carbocycles. The van der Waals surface area contributed by atoms with Crippen LogP contribution in [0.25, 0.3) is 10.8 Å². The van der Waals surface area contributed by atoms with Crippen molar-refractivity contribution in [3.05, 3.63) is 80.8 Å². The smallest absolute Gasteiger partial charge is 0.0651 e. The standard InChI is InChI=1S/C18H13Br2Cl/c1-11-8-12(10-13(21)9-11)18(20)16-6-7-17(19)15-5-3-2-4-14(15)16/h2-10,18H,1H3. The first kappa shape index (κ1) is 15.1. The van der Waals surface area contributed by atoms with Crippen LogP contribution in [0.1, 0.15) is 21.5 Å². The molecule has 1 atom stereocenters. The van der Waals surface area contributed by atoms with Crippen LogP contribution in [0.3, 0.4) is 0 Å². The number of rotatable bonds is 2. The van der Waals surface area contributed by atoms with Crippen molar-refractivity contribution in [2.75, 3.05) is 0 Å². The van der Waals surface area contributed by atoms with Gasteiger partial charge in [0.1, 0.15) is 0 Å². The van der Waals surface area contributed by atoms with Crippen molar-refractivity contribution in [1.29, 1.82) is 0 Å². The fourth-order valence-electron chi connectivity index (χ4n) is 2.60. The summed E-state index contributed by atoms with van der Waals surface area (Å²) in [7, 11) is 0. The molecule has 0 spiro atoms. The summed E-state index contributed by atoms with van der Waals surface area (Å²) in [5.74, 6) is 0. The molecule has 0 heterocycles. The summed E-state index contributed by atoms with van der Waals surface area (Å²) in [5.41, 5.74) is 3.59. The van der Waals surface area contributed by atoms with Gasteiger partial charge < -0.3 is 0 Å². The molecule has 0 bridgehead atoms. The average Bonchev–Trinajstić information content (AvgIpc) is 2.46. The Labute approximate surface area is 146 Å². The summed E-state index contributed by atoms with van der Waals surface area (Å²) in [4.78, 5) is 0.118. The first-order valence-corrected chi connectivity index (χ1v) is 8.73. The van der Waals surface area contributed by atoms with E-state index in [1.807, 2.05) is 12.1 Å².